The molecule has 0 aliphatic carbocycles. The molecule has 20 heavy (non-hydrogen) atoms. The van der Waals surface area contributed by atoms with Gasteiger partial charge < -0.3 is 9.80 Å². The monoisotopic (exact) mass is 273 g/mol. The van der Waals surface area contributed by atoms with E-state index in [9.17, 15) is 4.79 Å². The number of pyridine rings is 1. The summed E-state index contributed by atoms with van der Waals surface area (Å²) in [5.41, 5.74) is 0.714. The molecule has 0 saturated carbocycles. The van der Waals surface area contributed by atoms with Gasteiger partial charge in [0, 0.05) is 32.4 Å². The lowest BCUT2D eigenvalue weighted by Crippen LogP contribution is -2.48. The van der Waals surface area contributed by atoms with Crippen molar-refractivity contribution in [3.8, 4) is 0 Å². The van der Waals surface area contributed by atoms with Crippen LogP contribution in [0.3, 0.4) is 0 Å². The molecule has 1 aromatic rings. The number of carbonyl (C=O) groups is 1. The Balaban J connectivity index is 1.64. The first-order valence-corrected chi connectivity index (χ1v) is 7.64. The Morgan fingerprint density at radius 2 is 1.85 bits per heavy atom. The maximum Gasteiger partial charge on any atom is 0.255 e. The molecule has 0 N–H and O–H groups in total. The molecule has 4 heteroatoms. The minimum absolute atomic E-state index is 0.120. The summed E-state index contributed by atoms with van der Waals surface area (Å²) in [6, 6.07) is 3.91. The Hall–Kier alpha value is -1.58. The van der Waals surface area contributed by atoms with E-state index in [1.165, 1.54) is 12.8 Å². The van der Waals surface area contributed by atoms with E-state index in [2.05, 4.69) is 23.7 Å². The van der Waals surface area contributed by atoms with Crippen LogP contribution in [0.5, 0.6) is 0 Å². The van der Waals surface area contributed by atoms with E-state index in [0.29, 0.717) is 11.5 Å². The first-order chi connectivity index (χ1) is 9.63. The summed E-state index contributed by atoms with van der Waals surface area (Å²) < 4.78 is 0. The standard InChI is InChI=1S/C16H23N3O/c1-12-5-7-18(8-6-12)15-4-3-14(9-17-15)16(20)19-10-13(2)11-19/h3-4,9,12-13H,5-8,10-11H2,1-2H3. The summed E-state index contributed by atoms with van der Waals surface area (Å²) in [6.07, 6.45) is 4.20. The van der Waals surface area contributed by atoms with Crippen LogP contribution < -0.4 is 4.90 Å². The van der Waals surface area contributed by atoms with Crippen molar-refractivity contribution < 1.29 is 4.79 Å². The van der Waals surface area contributed by atoms with Crippen LogP contribution in [0.25, 0.3) is 0 Å². The van der Waals surface area contributed by atoms with Gasteiger partial charge in [-0.3, -0.25) is 4.79 Å². The second-order valence-corrected chi connectivity index (χ2v) is 6.39. The highest BCUT2D eigenvalue weighted by molar-refractivity contribution is 5.94. The first-order valence-electron chi connectivity index (χ1n) is 7.64. The number of carbonyl (C=O) groups excluding carboxylic acids is 1. The van der Waals surface area contributed by atoms with Gasteiger partial charge in [-0.25, -0.2) is 4.98 Å². The number of aromatic nitrogens is 1. The molecule has 2 fully saturated rings. The summed E-state index contributed by atoms with van der Waals surface area (Å²) in [7, 11) is 0. The molecule has 1 amide bonds. The van der Waals surface area contributed by atoms with Gasteiger partial charge in [0.25, 0.3) is 5.91 Å². The highest BCUT2D eigenvalue weighted by Crippen LogP contribution is 2.22. The highest BCUT2D eigenvalue weighted by Gasteiger charge is 2.28. The molecular weight excluding hydrogens is 250 g/mol. The van der Waals surface area contributed by atoms with Crippen molar-refractivity contribution in [2.24, 2.45) is 11.8 Å². The maximum absolute atomic E-state index is 12.2. The summed E-state index contributed by atoms with van der Waals surface area (Å²) in [6.45, 7) is 8.38. The zero-order valence-corrected chi connectivity index (χ0v) is 12.4. The fourth-order valence-corrected chi connectivity index (χ4v) is 2.98. The van der Waals surface area contributed by atoms with Gasteiger partial charge in [0.2, 0.25) is 0 Å². The lowest BCUT2D eigenvalue weighted by Gasteiger charge is -2.37. The number of nitrogens with zero attached hydrogens (tertiary/aromatic N) is 3. The summed E-state index contributed by atoms with van der Waals surface area (Å²) in [5.74, 6) is 2.59. The third-order valence-electron chi connectivity index (χ3n) is 4.45. The molecule has 2 saturated heterocycles. The Morgan fingerprint density at radius 3 is 2.40 bits per heavy atom. The smallest absolute Gasteiger partial charge is 0.255 e. The van der Waals surface area contributed by atoms with Crippen molar-refractivity contribution >= 4 is 11.7 Å². The predicted octanol–water partition coefficient (Wildman–Crippen LogP) is 2.41. The number of likely N-dealkylation sites (tertiary alicyclic amines) is 1. The highest BCUT2D eigenvalue weighted by atomic mass is 16.2. The molecule has 2 aliphatic rings. The molecule has 3 heterocycles. The molecule has 0 bridgehead atoms. The van der Waals surface area contributed by atoms with E-state index in [0.717, 1.165) is 37.9 Å². The summed E-state index contributed by atoms with van der Waals surface area (Å²) in [5, 5.41) is 0. The zero-order chi connectivity index (χ0) is 14.1. The van der Waals surface area contributed by atoms with Gasteiger partial charge in [0.1, 0.15) is 5.82 Å². The van der Waals surface area contributed by atoms with Crippen molar-refractivity contribution in [3.63, 3.8) is 0 Å². The first kappa shape index (κ1) is 13.4. The lowest BCUT2D eigenvalue weighted by molar-refractivity contribution is 0.0530. The molecule has 2 aliphatic heterocycles. The van der Waals surface area contributed by atoms with E-state index < -0.39 is 0 Å². The molecule has 3 rings (SSSR count). The number of amides is 1. The molecule has 1 aromatic heterocycles. The molecule has 0 spiro atoms. The molecule has 0 unspecified atom stereocenters. The van der Waals surface area contributed by atoms with Crippen LogP contribution in [0.2, 0.25) is 0 Å². The number of anilines is 1. The van der Waals surface area contributed by atoms with Crippen LogP contribution in [0.15, 0.2) is 18.3 Å². The number of hydrogen-bond donors (Lipinski definition) is 0. The minimum Gasteiger partial charge on any atom is -0.357 e. The molecule has 0 radical (unpaired) electrons. The number of rotatable bonds is 2. The van der Waals surface area contributed by atoms with Crippen molar-refractivity contribution in [3.05, 3.63) is 23.9 Å². The van der Waals surface area contributed by atoms with Crippen molar-refractivity contribution in [1.82, 2.24) is 9.88 Å². The fraction of sp³-hybridized carbons (Fsp3) is 0.625. The molecular formula is C16H23N3O. The zero-order valence-electron chi connectivity index (χ0n) is 12.4. The Morgan fingerprint density at radius 1 is 1.15 bits per heavy atom. The van der Waals surface area contributed by atoms with Crippen LogP contribution in [0.4, 0.5) is 5.82 Å². The number of hydrogen-bond acceptors (Lipinski definition) is 3. The van der Waals surface area contributed by atoms with Gasteiger partial charge in [-0.15, -0.1) is 0 Å². The van der Waals surface area contributed by atoms with E-state index >= 15 is 0 Å². The molecule has 4 nitrogen and oxygen atoms in total. The normalized spacial score (nSPS) is 20.9. The van der Waals surface area contributed by atoms with Crippen LogP contribution in [-0.2, 0) is 0 Å². The van der Waals surface area contributed by atoms with Crippen molar-refractivity contribution in [2.45, 2.75) is 26.7 Å². The Bertz CT molecular complexity index is 471. The maximum atomic E-state index is 12.2. The largest absolute Gasteiger partial charge is 0.357 e. The number of piperidine rings is 1. The third-order valence-corrected chi connectivity index (χ3v) is 4.45. The van der Waals surface area contributed by atoms with E-state index in [1.54, 1.807) is 6.20 Å². The molecule has 108 valence electrons. The molecule has 0 aromatic carbocycles. The summed E-state index contributed by atoms with van der Waals surface area (Å²) in [4.78, 5) is 20.9. The fourth-order valence-electron chi connectivity index (χ4n) is 2.98. The second-order valence-electron chi connectivity index (χ2n) is 6.39. The van der Waals surface area contributed by atoms with Gasteiger partial charge in [0.15, 0.2) is 0 Å². The predicted molar refractivity (Wildman–Crippen MR) is 79.9 cm³/mol. The van der Waals surface area contributed by atoms with Gasteiger partial charge in [-0.2, -0.15) is 0 Å². The van der Waals surface area contributed by atoms with Crippen LogP contribution in [-0.4, -0.2) is 42.0 Å². The lowest BCUT2D eigenvalue weighted by atomic mass is 9.99. The van der Waals surface area contributed by atoms with E-state index in [-0.39, 0.29) is 5.91 Å². The quantitative estimate of drug-likeness (QED) is 0.830. The van der Waals surface area contributed by atoms with Gasteiger partial charge in [0.05, 0.1) is 5.56 Å². The van der Waals surface area contributed by atoms with Crippen molar-refractivity contribution in [1.29, 1.82) is 0 Å². The SMILES string of the molecule is CC1CCN(c2ccc(C(=O)N3CC(C)C3)cn2)CC1. The van der Waals surface area contributed by atoms with Crippen LogP contribution in [0, 0.1) is 11.8 Å². The van der Waals surface area contributed by atoms with Gasteiger partial charge >= 0.3 is 0 Å². The van der Waals surface area contributed by atoms with Crippen molar-refractivity contribution in [2.75, 3.05) is 31.1 Å². The van der Waals surface area contributed by atoms with Crippen LogP contribution in [0.1, 0.15) is 37.0 Å². The van der Waals surface area contributed by atoms with Gasteiger partial charge in [-0.1, -0.05) is 13.8 Å². The van der Waals surface area contributed by atoms with E-state index in [4.69, 9.17) is 0 Å². The minimum atomic E-state index is 0.120. The second kappa shape index (κ2) is 5.43. The summed E-state index contributed by atoms with van der Waals surface area (Å²) >= 11 is 0. The van der Waals surface area contributed by atoms with Crippen LogP contribution >= 0.6 is 0 Å². The Kier molecular flexibility index (Phi) is 3.64. The molecule has 0 atom stereocenters. The van der Waals surface area contributed by atoms with Gasteiger partial charge in [-0.05, 0) is 36.8 Å². The Labute approximate surface area is 120 Å². The third kappa shape index (κ3) is 2.65. The van der Waals surface area contributed by atoms with E-state index in [1.807, 2.05) is 17.0 Å². The topological polar surface area (TPSA) is 36.4 Å². The average molecular weight is 273 g/mol. The average Bonchev–Trinajstić information content (AvgIpc) is 2.44.